The number of anilines is 1. The molecule has 2 N–H and O–H groups in total. The number of carbonyl (C=O) groups is 1. The van der Waals surface area contributed by atoms with Crippen LogP contribution >= 0.6 is 11.6 Å². The Labute approximate surface area is 123 Å². The third-order valence-corrected chi connectivity index (χ3v) is 3.06. The number of nitrogens with one attached hydrogen (secondary N) is 2. The van der Waals surface area contributed by atoms with Crippen LogP contribution in [0.15, 0.2) is 36.0 Å². The number of hydrogen-bond donors (Lipinski definition) is 2. The molecule has 0 aromatic heterocycles. The van der Waals surface area contributed by atoms with Gasteiger partial charge in [-0.25, -0.2) is 5.01 Å². The normalized spacial score (nSPS) is 16.8. The van der Waals surface area contributed by atoms with Gasteiger partial charge in [-0.1, -0.05) is 11.6 Å². The highest BCUT2D eigenvalue weighted by atomic mass is 35.5. The second kappa shape index (κ2) is 7.28. The Morgan fingerprint density at radius 1 is 1.30 bits per heavy atom. The average Bonchev–Trinajstić information content (AvgIpc) is 2.42. The number of rotatable bonds is 4. The number of benzene rings is 1. The van der Waals surface area contributed by atoms with Gasteiger partial charge in [0.25, 0.3) is 0 Å². The molecule has 5 nitrogen and oxygen atoms in total. The molecule has 0 aliphatic carbocycles. The molecule has 0 saturated carbocycles. The Bertz CT molecular complexity index is 482. The van der Waals surface area contributed by atoms with Crippen LogP contribution in [0.3, 0.4) is 0 Å². The van der Waals surface area contributed by atoms with Crippen molar-refractivity contribution < 1.29 is 9.53 Å². The highest BCUT2D eigenvalue weighted by Crippen LogP contribution is 2.13. The molecule has 0 atom stereocenters. The van der Waals surface area contributed by atoms with E-state index in [4.69, 9.17) is 16.3 Å². The fraction of sp³-hybridized carbons (Fsp3) is 0.357. The highest BCUT2D eigenvalue weighted by molar-refractivity contribution is 6.30. The minimum absolute atomic E-state index is 0.175. The van der Waals surface area contributed by atoms with Crippen LogP contribution < -0.4 is 10.7 Å². The molecule has 1 amide bonds. The number of ether oxygens (including phenoxy) is 1. The number of halogens is 1. The van der Waals surface area contributed by atoms with Gasteiger partial charge in [0.1, 0.15) is 0 Å². The summed E-state index contributed by atoms with van der Waals surface area (Å²) >= 11 is 5.79. The van der Waals surface area contributed by atoms with Crippen molar-refractivity contribution in [2.75, 3.05) is 31.6 Å². The number of nitrogens with zero attached hydrogens (tertiary/aromatic N) is 1. The molecule has 1 fully saturated rings. The van der Waals surface area contributed by atoms with Gasteiger partial charge in [-0.2, -0.15) is 0 Å². The van der Waals surface area contributed by atoms with E-state index in [-0.39, 0.29) is 5.91 Å². The van der Waals surface area contributed by atoms with Gasteiger partial charge in [0.15, 0.2) is 0 Å². The van der Waals surface area contributed by atoms with Crippen LogP contribution in [-0.4, -0.2) is 37.2 Å². The van der Waals surface area contributed by atoms with E-state index < -0.39 is 0 Å². The molecule has 0 radical (unpaired) electrons. The predicted octanol–water partition coefficient (Wildman–Crippen LogP) is 2.02. The van der Waals surface area contributed by atoms with Crippen molar-refractivity contribution in [3.63, 3.8) is 0 Å². The number of allylic oxidation sites excluding steroid dienone is 1. The van der Waals surface area contributed by atoms with E-state index in [0.717, 1.165) is 24.5 Å². The molecule has 1 aromatic carbocycles. The minimum Gasteiger partial charge on any atom is -0.379 e. The van der Waals surface area contributed by atoms with Crippen LogP contribution in [0.4, 0.5) is 5.69 Å². The van der Waals surface area contributed by atoms with Gasteiger partial charge in [0.2, 0.25) is 5.91 Å². The van der Waals surface area contributed by atoms with E-state index in [1.807, 2.05) is 11.9 Å². The maximum Gasteiger partial charge on any atom is 0.250 e. The largest absolute Gasteiger partial charge is 0.379 e. The highest BCUT2D eigenvalue weighted by Gasteiger charge is 2.10. The van der Waals surface area contributed by atoms with Gasteiger partial charge >= 0.3 is 0 Å². The molecular formula is C14H18ClN3O2. The first-order valence-corrected chi connectivity index (χ1v) is 6.85. The van der Waals surface area contributed by atoms with Crippen LogP contribution in [0, 0.1) is 0 Å². The summed E-state index contributed by atoms with van der Waals surface area (Å²) in [5, 5.41) is 5.46. The summed E-state index contributed by atoms with van der Waals surface area (Å²) in [6, 6.07) is 7.00. The molecule has 1 heterocycles. The predicted molar refractivity (Wildman–Crippen MR) is 79.4 cm³/mol. The zero-order chi connectivity index (χ0) is 14.4. The van der Waals surface area contributed by atoms with E-state index in [1.165, 1.54) is 6.08 Å². The number of morpholine rings is 1. The lowest BCUT2D eigenvalue weighted by Crippen LogP contribution is -2.44. The standard InChI is InChI=1S/C14H18ClN3O2/c1-11(17-18-6-8-20-9-7-18)10-14(19)16-13-4-2-12(15)3-5-13/h2-5,10,17H,6-9H2,1H3,(H,16,19). The molecule has 0 bridgehead atoms. The van der Waals surface area contributed by atoms with E-state index in [2.05, 4.69) is 10.7 Å². The van der Waals surface area contributed by atoms with Crippen molar-refractivity contribution >= 4 is 23.2 Å². The van der Waals surface area contributed by atoms with Gasteiger partial charge in [-0.3, -0.25) is 4.79 Å². The topological polar surface area (TPSA) is 53.6 Å². The fourth-order valence-corrected chi connectivity index (χ4v) is 1.99. The Morgan fingerprint density at radius 2 is 1.95 bits per heavy atom. The number of hydrazine groups is 1. The van der Waals surface area contributed by atoms with Crippen LogP contribution in [0.5, 0.6) is 0 Å². The molecular weight excluding hydrogens is 278 g/mol. The molecule has 2 rings (SSSR count). The number of amides is 1. The summed E-state index contributed by atoms with van der Waals surface area (Å²) < 4.78 is 5.26. The quantitative estimate of drug-likeness (QED) is 0.835. The number of hydrogen-bond acceptors (Lipinski definition) is 4. The molecule has 20 heavy (non-hydrogen) atoms. The van der Waals surface area contributed by atoms with Crippen LogP contribution in [0.1, 0.15) is 6.92 Å². The molecule has 1 saturated heterocycles. The second-order valence-corrected chi connectivity index (χ2v) is 4.97. The van der Waals surface area contributed by atoms with Crippen molar-refractivity contribution in [2.24, 2.45) is 0 Å². The van der Waals surface area contributed by atoms with Gasteiger partial charge in [-0.05, 0) is 31.2 Å². The van der Waals surface area contributed by atoms with Crippen molar-refractivity contribution in [1.82, 2.24) is 10.4 Å². The zero-order valence-electron chi connectivity index (χ0n) is 11.4. The average molecular weight is 296 g/mol. The molecule has 6 heteroatoms. The first-order chi connectivity index (χ1) is 9.63. The molecule has 1 aromatic rings. The summed E-state index contributed by atoms with van der Waals surface area (Å²) in [7, 11) is 0. The Kier molecular flexibility index (Phi) is 5.40. The van der Waals surface area contributed by atoms with E-state index in [0.29, 0.717) is 18.2 Å². The van der Waals surface area contributed by atoms with Crippen LogP contribution in [0.2, 0.25) is 5.02 Å². The zero-order valence-corrected chi connectivity index (χ0v) is 12.1. The van der Waals surface area contributed by atoms with Gasteiger partial charge in [0, 0.05) is 35.6 Å². The first-order valence-electron chi connectivity index (χ1n) is 6.48. The van der Waals surface area contributed by atoms with Crippen LogP contribution in [-0.2, 0) is 9.53 Å². The Hall–Kier alpha value is -1.56. The Morgan fingerprint density at radius 3 is 2.60 bits per heavy atom. The molecule has 1 aliphatic heterocycles. The summed E-state index contributed by atoms with van der Waals surface area (Å²) in [6.07, 6.45) is 1.53. The molecule has 0 unspecified atom stereocenters. The minimum atomic E-state index is -0.175. The SMILES string of the molecule is CC(=CC(=O)Nc1ccc(Cl)cc1)NN1CCOCC1. The lowest BCUT2D eigenvalue weighted by atomic mass is 10.3. The lowest BCUT2D eigenvalue weighted by Gasteiger charge is -2.28. The second-order valence-electron chi connectivity index (χ2n) is 4.53. The van der Waals surface area contributed by atoms with Crippen molar-refractivity contribution in [2.45, 2.75) is 6.92 Å². The summed E-state index contributed by atoms with van der Waals surface area (Å²) in [5.74, 6) is -0.175. The van der Waals surface area contributed by atoms with Crippen LogP contribution in [0.25, 0.3) is 0 Å². The Balaban J connectivity index is 1.85. The summed E-state index contributed by atoms with van der Waals surface area (Å²) in [4.78, 5) is 11.8. The third kappa shape index (κ3) is 4.85. The van der Waals surface area contributed by atoms with Gasteiger partial charge in [-0.15, -0.1) is 0 Å². The molecule has 108 valence electrons. The van der Waals surface area contributed by atoms with Crippen molar-refractivity contribution in [3.05, 3.63) is 41.1 Å². The van der Waals surface area contributed by atoms with E-state index in [1.54, 1.807) is 24.3 Å². The fourth-order valence-electron chi connectivity index (χ4n) is 1.87. The van der Waals surface area contributed by atoms with Crippen molar-refractivity contribution in [1.29, 1.82) is 0 Å². The lowest BCUT2D eigenvalue weighted by molar-refractivity contribution is -0.112. The molecule has 1 aliphatic rings. The molecule has 0 spiro atoms. The third-order valence-electron chi connectivity index (χ3n) is 2.80. The van der Waals surface area contributed by atoms with E-state index >= 15 is 0 Å². The van der Waals surface area contributed by atoms with Gasteiger partial charge in [0.05, 0.1) is 13.2 Å². The monoisotopic (exact) mass is 295 g/mol. The first kappa shape index (κ1) is 14.8. The number of carbonyl (C=O) groups excluding carboxylic acids is 1. The van der Waals surface area contributed by atoms with Crippen molar-refractivity contribution in [3.8, 4) is 0 Å². The van der Waals surface area contributed by atoms with E-state index in [9.17, 15) is 4.79 Å². The summed E-state index contributed by atoms with van der Waals surface area (Å²) in [5.41, 5.74) is 4.68. The summed E-state index contributed by atoms with van der Waals surface area (Å²) in [6.45, 7) is 4.89. The smallest absolute Gasteiger partial charge is 0.250 e. The maximum atomic E-state index is 11.8. The van der Waals surface area contributed by atoms with Gasteiger partial charge < -0.3 is 15.5 Å². The maximum absolute atomic E-state index is 11.8.